The number of nitrogens with one attached hydrogen (secondary N) is 1. The van der Waals surface area contributed by atoms with Crippen LogP contribution in [0.5, 0.6) is 5.75 Å². The monoisotopic (exact) mass is 460 g/mol. The molecule has 1 aliphatic carbocycles. The molecule has 176 valence electrons. The molecule has 1 aromatic carbocycles. The maximum Gasteiger partial charge on any atom is 0.274 e. The average Bonchev–Trinajstić information content (AvgIpc) is 3.49. The number of fused-ring (bicyclic) bond motifs is 1. The Bertz CT molecular complexity index is 1320. The minimum absolute atomic E-state index is 0.258. The smallest absolute Gasteiger partial charge is 0.274 e. The van der Waals surface area contributed by atoms with Crippen LogP contribution >= 0.6 is 0 Å². The second-order valence-electron chi connectivity index (χ2n) is 8.84. The van der Waals surface area contributed by atoms with Crippen LogP contribution < -0.4 is 10.1 Å². The van der Waals surface area contributed by atoms with Gasteiger partial charge in [0.2, 0.25) is 0 Å². The number of anilines is 1. The molecule has 5 rings (SSSR count). The van der Waals surface area contributed by atoms with Gasteiger partial charge in [0.05, 0.1) is 36.2 Å². The first-order valence-electron chi connectivity index (χ1n) is 11.5. The molecular formula is C25H28N6O3. The normalized spacial score (nSPS) is 18.2. The van der Waals surface area contributed by atoms with E-state index < -0.39 is 0 Å². The van der Waals surface area contributed by atoms with Gasteiger partial charge in [-0.25, -0.2) is 4.98 Å². The van der Waals surface area contributed by atoms with Crippen LogP contribution in [-0.4, -0.2) is 49.3 Å². The van der Waals surface area contributed by atoms with Crippen molar-refractivity contribution in [3.05, 3.63) is 54.6 Å². The largest absolute Gasteiger partial charge is 0.494 e. The number of hydrogen-bond acceptors (Lipinski definition) is 6. The number of rotatable bonds is 6. The molecule has 0 spiro atoms. The van der Waals surface area contributed by atoms with Crippen LogP contribution in [-0.2, 0) is 7.05 Å². The van der Waals surface area contributed by atoms with Gasteiger partial charge in [0.25, 0.3) is 5.91 Å². The molecule has 9 heteroatoms. The summed E-state index contributed by atoms with van der Waals surface area (Å²) in [4.78, 5) is 17.5. The zero-order valence-corrected chi connectivity index (χ0v) is 19.3. The molecule has 1 saturated carbocycles. The molecule has 1 fully saturated rings. The molecule has 4 aromatic rings. The summed E-state index contributed by atoms with van der Waals surface area (Å²) in [5, 5.41) is 22.2. The third-order valence-corrected chi connectivity index (χ3v) is 6.52. The molecule has 0 bridgehead atoms. The van der Waals surface area contributed by atoms with E-state index in [9.17, 15) is 9.90 Å². The second kappa shape index (κ2) is 9.26. The highest BCUT2D eigenvalue weighted by Gasteiger charge is 2.23. The van der Waals surface area contributed by atoms with Crippen LogP contribution in [0.3, 0.4) is 0 Å². The Morgan fingerprint density at radius 1 is 1.21 bits per heavy atom. The number of pyridine rings is 1. The van der Waals surface area contributed by atoms with Crippen LogP contribution in [0.4, 0.5) is 5.69 Å². The SMILES string of the molecule is COc1cc2nn([C@H]3CC[C@H](CO)CC3)cc2cc1NC(=O)c1cccc(-c2cnn(C)c2)n1. The summed E-state index contributed by atoms with van der Waals surface area (Å²) < 4.78 is 9.26. The minimum Gasteiger partial charge on any atom is -0.494 e. The van der Waals surface area contributed by atoms with Crippen molar-refractivity contribution < 1.29 is 14.6 Å². The molecule has 3 aromatic heterocycles. The van der Waals surface area contributed by atoms with Gasteiger partial charge in [0, 0.05) is 43.1 Å². The number of ether oxygens (including phenoxy) is 1. The minimum atomic E-state index is -0.321. The Hall–Kier alpha value is -3.72. The van der Waals surface area contributed by atoms with Crippen LogP contribution in [0.25, 0.3) is 22.2 Å². The summed E-state index contributed by atoms with van der Waals surface area (Å²) >= 11 is 0. The highest BCUT2D eigenvalue weighted by molar-refractivity contribution is 6.05. The third-order valence-electron chi connectivity index (χ3n) is 6.52. The lowest BCUT2D eigenvalue weighted by atomic mass is 9.87. The Kier molecular flexibility index (Phi) is 6.02. The quantitative estimate of drug-likeness (QED) is 0.453. The fourth-order valence-corrected chi connectivity index (χ4v) is 4.58. The number of nitrogens with zero attached hydrogens (tertiary/aromatic N) is 5. The number of carbonyl (C=O) groups is 1. The van der Waals surface area contributed by atoms with E-state index in [4.69, 9.17) is 9.84 Å². The van der Waals surface area contributed by atoms with E-state index in [1.807, 2.05) is 42.3 Å². The van der Waals surface area contributed by atoms with E-state index in [1.165, 1.54) is 0 Å². The van der Waals surface area contributed by atoms with E-state index >= 15 is 0 Å². The molecule has 34 heavy (non-hydrogen) atoms. The van der Waals surface area contributed by atoms with Gasteiger partial charge < -0.3 is 15.2 Å². The molecule has 9 nitrogen and oxygen atoms in total. The van der Waals surface area contributed by atoms with Gasteiger partial charge in [0.1, 0.15) is 11.4 Å². The fraction of sp³-hybridized carbons (Fsp3) is 0.360. The Balaban J connectivity index is 1.38. The number of benzene rings is 1. The summed E-state index contributed by atoms with van der Waals surface area (Å²) in [6, 6.07) is 9.39. The molecule has 3 heterocycles. The number of carbonyl (C=O) groups excluding carboxylic acids is 1. The van der Waals surface area contributed by atoms with Gasteiger partial charge in [-0.05, 0) is 49.8 Å². The van der Waals surface area contributed by atoms with E-state index in [0.717, 1.165) is 42.1 Å². The van der Waals surface area contributed by atoms with E-state index in [0.29, 0.717) is 34.8 Å². The number of aliphatic hydroxyl groups is 1. The van der Waals surface area contributed by atoms with E-state index in [-0.39, 0.29) is 12.5 Å². The van der Waals surface area contributed by atoms with Gasteiger partial charge in [0.15, 0.2) is 0 Å². The summed E-state index contributed by atoms with van der Waals surface area (Å²) in [5.41, 5.74) is 3.21. The van der Waals surface area contributed by atoms with Crippen molar-refractivity contribution in [2.75, 3.05) is 19.0 Å². The van der Waals surface area contributed by atoms with Crippen molar-refractivity contribution in [2.24, 2.45) is 13.0 Å². The van der Waals surface area contributed by atoms with Crippen LogP contribution in [0.1, 0.15) is 42.2 Å². The fourth-order valence-electron chi connectivity index (χ4n) is 4.58. The van der Waals surface area contributed by atoms with Crippen molar-refractivity contribution in [3.63, 3.8) is 0 Å². The standard InChI is InChI=1S/C25H28N6O3/c1-30-13-18(12-26-30)20-4-3-5-21(27-20)25(33)28-23-10-17-14-31(29-22(17)11-24(23)34-2)19-8-6-16(15-32)7-9-19/h3-5,10-14,16,19,32H,6-9,15H2,1-2H3,(H,28,33)/t16-,19-. The summed E-state index contributed by atoms with van der Waals surface area (Å²) in [6.45, 7) is 0.258. The van der Waals surface area contributed by atoms with Gasteiger partial charge in [-0.3, -0.25) is 14.2 Å². The number of aliphatic hydroxyl groups excluding tert-OH is 1. The maximum absolute atomic E-state index is 13.0. The first kappa shape index (κ1) is 22.1. The summed E-state index contributed by atoms with van der Waals surface area (Å²) in [6.07, 6.45) is 9.61. The Labute approximate surface area is 197 Å². The van der Waals surface area contributed by atoms with Gasteiger partial charge in [-0.15, -0.1) is 0 Å². The van der Waals surface area contributed by atoms with Crippen molar-refractivity contribution in [3.8, 4) is 17.0 Å². The molecule has 0 unspecified atom stereocenters. The lowest BCUT2D eigenvalue weighted by Crippen LogP contribution is -2.20. The Morgan fingerprint density at radius 2 is 2.03 bits per heavy atom. The molecule has 0 aliphatic heterocycles. The maximum atomic E-state index is 13.0. The van der Waals surface area contributed by atoms with Gasteiger partial charge >= 0.3 is 0 Å². The molecule has 2 N–H and O–H groups in total. The lowest BCUT2D eigenvalue weighted by Gasteiger charge is -2.27. The highest BCUT2D eigenvalue weighted by atomic mass is 16.5. The highest BCUT2D eigenvalue weighted by Crippen LogP contribution is 2.35. The molecule has 0 atom stereocenters. The number of aromatic nitrogens is 5. The van der Waals surface area contributed by atoms with Gasteiger partial charge in [-0.1, -0.05) is 6.07 Å². The molecule has 1 amide bonds. The number of methoxy groups -OCH3 is 1. The average molecular weight is 461 g/mol. The van der Waals surface area contributed by atoms with Crippen molar-refractivity contribution in [1.29, 1.82) is 0 Å². The van der Waals surface area contributed by atoms with Crippen molar-refractivity contribution in [1.82, 2.24) is 24.5 Å². The van der Waals surface area contributed by atoms with Crippen LogP contribution in [0, 0.1) is 5.92 Å². The van der Waals surface area contributed by atoms with Crippen LogP contribution in [0.15, 0.2) is 48.9 Å². The number of hydrogen-bond donors (Lipinski definition) is 2. The number of aryl methyl sites for hydroxylation is 1. The first-order chi connectivity index (χ1) is 16.5. The summed E-state index contributed by atoms with van der Waals surface area (Å²) in [5.74, 6) is 0.616. The predicted molar refractivity (Wildman–Crippen MR) is 129 cm³/mol. The van der Waals surface area contributed by atoms with E-state index in [2.05, 4.69) is 15.4 Å². The predicted octanol–water partition coefficient (Wildman–Crippen LogP) is 3.82. The molecule has 1 aliphatic rings. The Morgan fingerprint density at radius 3 is 2.74 bits per heavy atom. The zero-order chi connectivity index (χ0) is 23.7. The summed E-state index contributed by atoms with van der Waals surface area (Å²) in [7, 11) is 3.41. The van der Waals surface area contributed by atoms with Crippen molar-refractivity contribution in [2.45, 2.75) is 31.7 Å². The van der Waals surface area contributed by atoms with Gasteiger partial charge in [-0.2, -0.15) is 10.2 Å². The lowest BCUT2D eigenvalue weighted by molar-refractivity contribution is 0.102. The number of amides is 1. The topological polar surface area (TPSA) is 107 Å². The van der Waals surface area contributed by atoms with E-state index in [1.54, 1.807) is 30.1 Å². The molecule has 0 radical (unpaired) electrons. The second-order valence-corrected chi connectivity index (χ2v) is 8.84. The first-order valence-corrected chi connectivity index (χ1v) is 11.5. The van der Waals surface area contributed by atoms with Crippen LogP contribution in [0.2, 0.25) is 0 Å². The molecular weight excluding hydrogens is 432 g/mol. The molecule has 0 saturated heterocycles. The zero-order valence-electron chi connectivity index (χ0n) is 19.3. The van der Waals surface area contributed by atoms with Crippen molar-refractivity contribution >= 4 is 22.5 Å². The third kappa shape index (κ3) is 4.38.